The van der Waals surface area contributed by atoms with Gasteiger partial charge in [0.1, 0.15) is 0 Å². The van der Waals surface area contributed by atoms with Gasteiger partial charge in [0.05, 0.1) is 11.2 Å². The summed E-state index contributed by atoms with van der Waals surface area (Å²) in [6.45, 7) is 3.98. The van der Waals surface area contributed by atoms with E-state index in [1.807, 2.05) is 0 Å². The molecule has 0 atom stereocenters. The molecular weight excluding hydrogens is 210 g/mol. The molecule has 1 aromatic heterocycles. The van der Waals surface area contributed by atoms with Gasteiger partial charge < -0.3 is 5.32 Å². The van der Waals surface area contributed by atoms with E-state index in [-0.39, 0.29) is 0 Å². The van der Waals surface area contributed by atoms with Gasteiger partial charge in [-0.3, -0.25) is 4.68 Å². The Labute approximate surface area is 102 Å². The third kappa shape index (κ3) is 1.95. The summed E-state index contributed by atoms with van der Waals surface area (Å²) in [5.74, 6) is 0. The molecule has 17 heavy (non-hydrogen) atoms. The molecule has 3 heteroatoms. The van der Waals surface area contributed by atoms with Crippen molar-refractivity contribution >= 4 is 10.9 Å². The van der Waals surface area contributed by atoms with Gasteiger partial charge in [0.2, 0.25) is 0 Å². The molecule has 3 nitrogen and oxygen atoms in total. The van der Waals surface area contributed by atoms with Gasteiger partial charge in [0, 0.05) is 24.5 Å². The van der Waals surface area contributed by atoms with Crippen LogP contribution in [-0.4, -0.2) is 15.8 Å². The molecule has 1 aromatic carbocycles. The molecule has 1 heterocycles. The van der Waals surface area contributed by atoms with Crippen molar-refractivity contribution < 1.29 is 0 Å². The predicted octanol–water partition coefficient (Wildman–Crippen LogP) is 2.70. The minimum Gasteiger partial charge on any atom is -0.308 e. The first-order valence-electron chi connectivity index (χ1n) is 6.56. The Kier molecular flexibility index (Phi) is 2.85. The summed E-state index contributed by atoms with van der Waals surface area (Å²) in [5, 5.41) is 9.57. The zero-order chi connectivity index (χ0) is 11.7. The summed E-state index contributed by atoms with van der Waals surface area (Å²) < 4.78 is 2.09. The number of aryl methyl sites for hydroxylation is 1. The number of benzene rings is 1. The minimum atomic E-state index is 0.723. The summed E-state index contributed by atoms with van der Waals surface area (Å²) >= 11 is 0. The highest BCUT2D eigenvalue weighted by molar-refractivity contribution is 5.81. The molecule has 2 aromatic rings. The van der Waals surface area contributed by atoms with E-state index in [2.05, 4.69) is 41.2 Å². The highest BCUT2D eigenvalue weighted by Crippen LogP contribution is 2.21. The number of nitrogens with zero attached hydrogens (tertiary/aromatic N) is 2. The lowest BCUT2D eigenvalue weighted by atomic mass is 9.93. The largest absolute Gasteiger partial charge is 0.308 e. The molecule has 1 N–H and O–H groups in total. The number of rotatable bonds is 4. The van der Waals surface area contributed by atoms with Crippen LogP contribution in [0.25, 0.3) is 10.9 Å². The molecule has 0 saturated heterocycles. The summed E-state index contributed by atoms with van der Waals surface area (Å²) in [6.07, 6.45) is 4.03. The summed E-state index contributed by atoms with van der Waals surface area (Å²) in [4.78, 5) is 0. The molecule has 0 unspecified atom stereocenters. The fraction of sp³-hybridized carbons (Fsp3) is 0.500. The zero-order valence-electron chi connectivity index (χ0n) is 10.3. The first kappa shape index (κ1) is 10.8. The SMILES string of the molecule is CCn1nc(CNC2CCC2)c2ccccc21. The lowest BCUT2D eigenvalue weighted by Crippen LogP contribution is -2.34. The molecule has 0 radical (unpaired) electrons. The molecule has 0 amide bonds. The van der Waals surface area contributed by atoms with Crippen molar-refractivity contribution in [3.05, 3.63) is 30.0 Å². The van der Waals surface area contributed by atoms with Crippen LogP contribution in [0.5, 0.6) is 0 Å². The molecule has 1 aliphatic carbocycles. The van der Waals surface area contributed by atoms with Crippen LogP contribution in [0.15, 0.2) is 24.3 Å². The Hall–Kier alpha value is -1.35. The zero-order valence-corrected chi connectivity index (χ0v) is 10.3. The molecule has 1 aliphatic rings. The van der Waals surface area contributed by atoms with Gasteiger partial charge in [-0.1, -0.05) is 24.6 Å². The van der Waals surface area contributed by atoms with Gasteiger partial charge in [-0.25, -0.2) is 0 Å². The van der Waals surface area contributed by atoms with Gasteiger partial charge in [-0.05, 0) is 25.8 Å². The second kappa shape index (κ2) is 4.49. The lowest BCUT2D eigenvalue weighted by molar-refractivity contribution is 0.337. The van der Waals surface area contributed by atoms with E-state index in [4.69, 9.17) is 5.10 Å². The first-order valence-corrected chi connectivity index (χ1v) is 6.56. The molecular formula is C14H19N3. The second-order valence-corrected chi connectivity index (χ2v) is 4.79. The Morgan fingerprint density at radius 1 is 1.35 bits per heavy atom. The third-order valence-electron chi connectivity index (χ3n) is 3.70. The van der Waals surface area contributed by atoms with Crippen LogP contribution in [0.2, 0.25) is 0 Å². The Bertz CT molecular complexity index is 511. The molecule has 3 rings (SSSR count). The fourth-order valence-electron chi connectivity index (χ4n) is 2.42. The number of fused-ring (bicyclic) bond motifs is 1. The van der Waals surface area contributed by atoms with Crippen LogP contribution in [0.1, 0.15) is 31.9 Å². The monoisotopic (exact) mass is 229 g/mol. The van der Waals surface area contributed by atoms with Crippen LogP contribution in [-0.2, 0) is 13.1 Å². The number of hydrogen-bond acceptors (Lipinski definition) is 2. The topological polar surface area (TPSA) is 29.9 Å². The van der Waals surface area contributed by atoms with E-state index < -0.39 is 0 Å². The van der Waals surface area contributed by atoms with Crippen molar-refractivity contribution in [3.63, 3.8) is 0 Å². The second-order valence-electron chi connectivity index (χ2n) is 4.79. The molecule has 1 fully saturated rings. The van der Waals surface area contributed by atoms with Crippen LogP contribution in [0.3, 0.4) is 0 Å². The Balaban J connectivity index is 1.86. The van der Waals surface area contributed by atoms with Crippen LogP contribution >= 0.6 is 0 Å². The van der Waals surface area contributed by atoms with Gasteiger partial charge in [0.15, 0.2) is 0 Å². The van der Waals surface area contributed by atoms with Crippen molar-refractivity contribution in [2.75, 3.05) is 0 Å². The standard InChI is InChI=1S/C14H19N3/c1-2-17-14-9-4-3-8-12(14)13(16-17)10-15-11-6-5-7-11/h3-4,8-9,11,15H,2,5-7,10H2,1H3. The summed E-state index contributed by atoms with van der Waals surface area (Å²) in [5.41, 5.74) is 2.44. The van der Waals surface area contributed by atoms with Crippen LogP contribution in [0.4, 0.5) is 0 Å². The molecule has 1 saturated carbocycles. The Morgan fingerprint density at radius 3 is 2.88 bits per heavy atom. The smallest absolute Gasteiger partial charge is 0.0841 e. The predicted molar refractivity (Wildman–Crippen MR) is 69.9 cm³/mol. The summed E-state index contributed by atoms with van der Waals surface area (Å²) in [7, 11) is 0. The average molecular weight is 229 g/mol. The van der Waals surface area contributed by atoms with E-state index in [9.17, 15) is 0 Å². The van der Waals surface area contributed by atoms with Gasteiger partial charge in [0.25, 0.3) is 0 Å². The average Bonchev–Trinajstić information content (AvgIpc) is 2.66. The maximum absolute atomic E-state index is 4.69. The highest BCUT2D eigenvalue weighted by Gasteiger charge is 2.17. The third-order valence-corrected chi connectivity index (χ3v) is 3.70. The fourth-order valence-corrected chi connectivity index (χ4v) is 2.42. The molecule has 0 spiro atoms. The lowest BCUT2D eigenvalue weighted by Gasteiger charge is -2.26. The molecule has 0 bridgehead atoms. The minimum absolute atomic E-state index is 0.723. The Morgan fingerprint density at radius 2 is 2.18 bits per heavy atom. The highest BCUT2D eigenvalue weighted by atomic mass is 15.3. The van der Waals surface area contributed by atoms with Gasteiger partial charge in [-0.2, -0.15) is 5.10 Å². The van der Waals surface area contributed by atoms with E-state index in [1.165, 1.54) is 35.9 Å². The van der Waals surface area contributed by atoms with Crippen molar-refractivity contribution in [1.82, 2.24) is 15.1 Å². The van der Waals surface area contributed by atoms with Gasteiger partial charge in [-0.15, -0.1) is 0 Å². The van der Waals surface area contributed by atoms with Crippen molar-refractivity contribution in [3.8, 4) is 0 Å². The first-order chi connectivity index (χ1) is 8.38. The number of nitrogens with one attached hydrogen (secondary N) is 1. The van der Waals surface area contributed by atoms with E-state index in [0.29, 0.717) is 0 Å². The quantitative estimate of drug-likeness (QED) is 0.873. The number of aromatic nitrogens is 2. The summed E-state index contributed by atoms with van der Waals surface area (Å²) in [6, 6.07) is 9.22. The van der Waals surface area contributed by atoms with Crippen LogP contribution < -0.4 is 5.32 Å². The van der Waals surface area contributed by atoms with Crippen molar-refractivity contribution in [2.45, 2.75) is 45.3 Å². The number of para-hydroxylation sites is 1. The van der Waals surface area contributed by atoms with Gasteiger partial charge >= 0.3 is 0 Å². The normalized spacial score (nSPS) is 16.3. The van der Waals surface area contributed by atoms with Crippen molar-refractivity contribution in [1.29, 1.82) is 0 Å². The van der Waals surface area contributed by atoms with Crippen LogP contribution in [0, 0.1) is 0 Å². The van der Waals surface area contributed by atoms with E-state index >= 15 is 0 Å². The maximum Gasteiger partial charge on any atom is 0.0841 e. The van der Waals surface area contributed by atoms with Crippen molar-refractivity contribution in [2.24, 2.45) is 0 Å². The number of hydrogen-bond donors (Lipinski definition) is 1. The van der Waals surface area contributed by atoms with E-state index in [0.717, 1.165) is 19.1 Å². The maximum atomic E-state index is 4.69. The molecule has 0 aliphatic heterocycles. The van der Waals surface area contributed by atoms with E-state index in [1.54, 1.807) is 0 Å². The molecule has 90 valence electrons.